The fourth-order valence-corrected chi connectivity index (χ4v) is 3.12. The third-order valence-electron chi connectivity index (χ3n) is 4.66. The molecule has 0 radical (unpaired) electrons. The number of hydrogen-bond donors (Lipinski definition) is 1. The molecule has 0 unspecified atom stereocenters. The SMILES string of the molecule is N#Cc1cccc(-c2ccccc2-c2ccc(C(O)(C(F)(F)F)C(F)(F)F)cc2)c1. The molecular weight excluding hydrogens is 408 g/mol. The van der Waals surface area contributed by atoms with Crippen LogP contribution in [0.2, 0.25) is 0 Å². The molecule has 0 atom stereocenters. The van der Waals surface area contributed by atoms with Gasteiger partial charge in [0.25, 0.3) is 5.60 Å². The summed E-state index contributed by atoms with van der Waals surface area (Å²) >= 11 is 0. The van der Waals surface area contributed by atoms with Gasteiger partial charge in [0.2, 0.25) is 0 Å². The first-order valence-electron chi connectivity index (χ1n) is 8.55. The van der Waals surface area contributed by atoms with Crippen LogP contribution in [0, 0.1) is 11.3 Å². The van der Waals surface area contributed by atoms with Crippen molar-refractivity contribution in [2.75, 3.05) is 0 Å². The Balaban J connectivity index is 2.10. The molecule has 0 aliphatic heterocycles. The third kappa shape index (κ3) is 3.64. The van der Waals surface area contributed by atoms with E-state index in [1.54, 1.807) is 48.5 Å². The number of benzene rings is 3. The van der Waals surface area contributed by atoms with E-state index in [-0.39, 0.29) is 0 Å². The van der Waals surface area contributed by atoms with Gasteiger partial charge < -0.3 is 5.11 Å². The Bertz CT molecular complexity index is 1080. The van der Waals surface area contributed by atoms with E-state index >= 15 is 0 Å². The molecule has 0 aliphatic carbocycles. The highest BCUT2D eigenvalue weighted by Gasteiger charge is 2.71. The molecular formula is C22H13F6NO. The van der Waals surface area contributed by atoms with E-state index < -0.39 is 23.5 Å². The Kier molecular flexibility index (Phi) is 5.35. The van der Waals surface area contributed by atoms with Crippen LogP contribution >= 0.6 is 0 Å². The molecule has 3 rings (SSSR count). The maximum absolute atomic E-state index is 13.1. The normalized spacial score (nSPS) is 12.5. The van der Waals surface area contributed by atoms with E-state index in [4.69, 9.17) is 5.26 Å². The number of aliphatic hydroxyl groups is 1. The van der Waals surface area contributed by atoms with Crippen LogP contribution in [0.15, 0.2) is 72.8 Å². The van der Waals surface area contributed by atoms with Gasteiger partial charge in [-0.2, -0.15) is 31.6 Å². The van der Waals surface area contributed by atoms with Gasteiger partial charge in [0.1, 0.15) is 0 Å². The van der Waals surface area contributed by atoms with Crippen LogP contribution < -0.4 is 0 Å². The lowest BCUT2D eigenvalue weighted by molar-refractivity contribution is -0.376. The Morgan fingerprint density at radius 2 is 1.20 bits per heavy atom. The summed E-state index contributed by atoms with van der Waals surface area (Å²) in [7, 11) is 0. The smallest absolute Gasteiger partial charge is 0.369 e. The molecule has 8 heteroatoms. The van der Waals surface area contributed by atoms with Crippen molar-refractivity contribution in [1.29, 1.82) is 5.26 Å². The molecule has 0 saturated carbocycles. The standard InChI is InChI=1S/C22H13F6NO/c23-21(24,25)20(30,22(26,27)28)17-10-8-15(9-11-17)18-6-1-2-7-19(18)16-5-3-4-14(12-16)13-29/h1-12,30H. The van der Waals surface area contributed by atoms with Crippen LogP contribution in [-0.2, 0) is 5.60 Å². The van der Waals surface area contributed by atoms with Gasteiger partial charge in [-0.3, -0.25) is 0 Å². The second-order valence-electron chi connectivity index (χ2n) is 6.52. The average Bonchev–Trinajstić information content (AvgIpc) is 2.71. The highest BCUT2D eigenvalue weighted by atomic mass is 19.4. The Labute approximate surface area is 167 Å². The molecule has 0 spiro atoms. The molecule has 1 N–H and O–H groups in total. The molecule has 30 heavy (non-hydrogen) atoms. The Hall–Kier alpha value is -3.31. The molecule has 3 aromatic carbocycles. The largest absolute Gasteiger partial charge is 0.430 e. The van der Waals surface area contributed by atoms with Crippen molar-refractivity contribution in [3.63, 3.8) is 0 Å². The van der Waals surface area contributed by atoms with Crippen LogP contribution in [0.1, 0.15) is 11.1 Å². The first-order valence-corrected chi connectivity index (χ1v) is 8.55. The van der Waals surface area contributed by atoms with Crippen molar-refractivity contribution < 1.29 is 31.4 Å². The molecule has 154 valence electrons. The number of nitrogens with zero attached hydrogens (tertiary/aromatic N) is 1. The second-order valence-corrected chi connectivity index (χ2v) is 6.52. The van der Waals surface area contributed by atoms with E-state index in [1.807, 2.05) is 6.07 Å². The van der Waals surface area contributed by atoms with Gasteiger partial charge in [0.05, 0.1) is 11.6 Å². The maximum atomic E-state index is 13.1. The summed E-state index contributed by atoms with van der Waals surface area (Å²) in [4.78, 5) is 0. The number of rotatable bonds is 3. The van der Waals surface area contributed by atoms with Crippen molar-refractivity contribution in [2.45, 2.75) is 18.0 Å². The molecule has 0 aliphatic rings. The van der Waals surface area contributed by atoms with Gasteiger partial charge in [-0.25, -0.2) is 0 Å². The highest BCUT2D eigenvalue weighted by Crippen LogP contribution is 2.50. The minimum atomic E-state index is -5.94. The minimum Gasteiger partial charge on any atom is -0.369 e. The first-order chi connectivity index (χ1) is 14.0. The fourth-order valence-electron chi connectivity index (χ4n) is 3.12. The summed E-state index contributed by atoms with van der Waals surface area (Å²) in [6.07, 6.45) is -11.9. The summed E-state index contributed by atoms with van der Waals surface area (Å²) in [5.41, 5.74) is -3.70. The van der Waals surface area contributed by atoms with Gasteiger partial charge in [-0.1, -0.05) is 60.7 Å². The van der Waals surface area contributed by atoms with Crippen LogP contribution in [-0.4, -0.2) is 17.5 Å². The van der Waals surface area contributed by atoms with Gasteiger partial charge in [0.15, 0.2) is 0 Å². The Morgan fingerprint density at radius 1 is 0.667 bits per heavy atom. The van der Waals surface area contributed by atoms with Crippen molar-refractivity contribution in [3.8, 4) is 28.3 Å². The summed E-state index contributed by atoms with van der Waals surface area (Å²) in [6.45, 7) is 0. The number of halogens is 6. The molecule has 0 amide bonds. The number of nitriles is 1. The Morgan fingerprint density at radius 3 is 1.70 bits per heavy atom. The van der Waals surface area contributed by atoms with Crippen molar-refractivity contribution in [2.24, 2.45) is 0 Å². The van der Waals surface area contributed by atoms with E-state index in [9.17, 15) is 31.4 Å². The highest BCUT2D eigenvalue weighted by molar-refractivity contribution is 5.83. The predicted octanol–water partition coefficient (Wildman–Crippen LogP) is 6.20. The van der Waals surface area contributed by atoms with Crippen LogP contribution in [0.5, 0.6) is 0 Å². The van der Waals surface area contributed by atoms with Gasteiger partial charge in [-0.05, 0) is 34.4 Å². The summed E-state index contributed by atoms with van der Waals surface area (Å²) < 4.78 is 78.4. The lowest BCUT2D eigenvalue weighted by Gasteiger charge is -2.32. The molecule has 0 heterocycles. The average molecular weight is 421 g/mol. The van der Waals surface area contributed by atoms with Crippen molar-refractivity contribution >= 4 is 0 Å². The third-order valence-corrected chi connectivity index (χ3v) is 4.66. The summed E-state index contributed by atoms with van der Waals surface area (Å²) in [6, 6.07) is 18.8. The zero-order valence-corrected chi connectivity index (χ0v) is 15.1. The van der Waals surface area contributed by atoms with Crippen LogP contribution in [0.25, 0.3) is 22.3 Å². The predicted molar refractivity (Wildman–Crippen MR) is 98.0 cm³/mol. The van der Waals surface area contributed by atoms with Gasteiger partial charge >= 0.3 is 12.4 Å². The van der Waals surface area contributed by atoms with Gasteiger partial charge in [-0.15, -0.1) is 0 Å². The van der Waals surface area contributed by atoms with Crippen LogP contribution in [0.3, 0.4) is 0 Å². The van der Waals surface area contributed by atoms with Crippen LogP contribution in [0.4, 0.5) is 26.3 Å². The van der Waals surface area contributed by atoms with Crippen molar-refractivity contribution in [3.05, 3.63) is 83.9 Å². The molecule has 0 saturated heterocycles. The zero-order valence-electron chi connectivity index (χ0n) is 15.1. The quantitative estimate of drug-likeness (QED) is 0.512. The molecule has 0 fully saturated rings. The maximum Gasteiger partial charge on any atom is 0.430 e. The van der Waals surface area contributed by atoms with E-state index in [1.165, 1.54) is 0 Å². The summed E-state index contributed by atoms with van der Waals surface area (Å²) in [5.74, 6) is 0. The lowest BCUT2D eigenvalue weighted by Crippen LogP contribution is -2.53. The molecule has 0 aromatic heterocycles. The topological polar surface area (TPSA) is 44.0 Å². The first kappa shape index (κ1) is 21.4. The molecule has 0 bridgehead atoms. The second kappa shape index (κ2) is 7.50. The molecule has 2 nitrogen and oxygen atoms in total. The van der Waals surface area contributed by atoms with E-state index in [0.29, 0.717) is 39.9 Å². The molecule has 3 aromatic rings. The zero-order chi connectivity index (χ0) is 22.2. The number of alkyl halides is 6. The van der Waals surface area contributed by atoms with E-state index in [0.717, 1.165) is 12.1 Å². The summed E-state index contributed by atoms with van der Waals surface area (Å²) in [5, 5.41) is 18.6. The van der Waals surface area contributed by atoms with E-state index in [2.05, 4.69) is 0 Å². The van der Waals surface area contributed by atoms with Gasteiger partial charge in [0, 0.05) is 5.56 Å². The lowest BCUT2D eigenvalue weighted by atomic mass is 9.89. The number of hydrogen-bond acceptors (Lipinski definition) is 2. The minimum absolute atomic E-state index is 0.350. The van der Waals surface area contributed by atoms with Crippen molar-refractivity contribution in [1.82, 2.24) is 0 Å². The fraction of sp³-hybridized carbons (Fsp3) is 0.136. The monoisotopic (exact) mass is 421 g/mol.